The summed E-state index contributed by atoms with van der Waals surface area (Å²) in [6.45, 7) is 1.25. The zero-order valence-corrected chi connectivity index (χ0v) is 16.8. The van der Waals surface area contributed by atoms with E-state index in [-0.39, 0.29) is 38.3 Å². The van der Waals surface area contributed by atoms with Gasteiger partial charge in [0.15, 0.2) is 0 Å². The van der Waals surface area contributed by atoms with Crippen molar-refractivity contribution in [3.05, 3.63) is 67.4 Å². The monoisotopic (exact) mass is 466 g/mol. The van der Waals surface area contributed by atoms with Crippen LogP contribution in [0.3, 0.4) is 0 Å². The van der Waals surface area contributed by atoms with E-state index in [9.17, 15) is 31.9 Å². The molecule has 0 atom stereocenters. The van der Waals surface area contributed by atoms with Gasteiger partial charge in [-0.1, -0.05) is 11.6 Å². The van der Waals surface area contributed by atoms with Gasteiger partial charge in [0.25, 0.3) is 5.56 Å². The second-order valence-electron chi connectivity index (χ2n) is 5.95. The topological polar surface area (TPSA) is 99.8 Å². The lowest BCUT2D eigenvalue weighted by Crippen LogP contribution is -2.41. The molecule has 0 fully saturated rings. The van der Waals surface area contributed by atoms with Gasteiger partial charge in [0.1, 0.15) is 29.6 Å². The summed E-state index contributed by atoms with van der Waals surface area (Å²) in [5.41, 5.74) is -5.10. The van der Waals surface area contributed by atoms with Crippen molar-refractivity contribution in [3.8, 4) is 11.4 Å². The van der Waals surface area contributed by atoms with Crippen LogP contribution in [0.25, 0.3) is 5.69 Å². The average Bonchev–Trinajstić information content (AvgIpc) is 2.64. The van der Waals surface area contributed by atoms with Gasteiger partial charge in [-0.2, -0.15) is 13.2 Å². The standard InChI is InChI=1S/C18H15ClF4N2O6/c1-3-30-9(4-16(27)28)8-31-13-6-12(11(20)5-10(13)19)25-15(26)7-14(18(21,22)23)24(2)17(25)29/h4-7H,3,8H2,1-2H3,(H,27,28)/b9-4+. The molecule has 13 heteroatoms. The highest BCUT2D eigenvalue weighted by Gasteiger charge is 2.35. The van der Waals surface area contributed by atoms with Crippen LogP contribution in [0.5, 0.6) is 5.75 Å². The Morgan fingerprint density at radius 2 is 1.90 bits per heavy atom. The Labute approximate surface area is 176 Å². The smallest absolute Gasteiger partial charge is 0.431 e. The number of carboxylic acids is 1. The van der Waals surface area contributed by atoms with Crippen LogP contribution >= 0.6 is 11.6 Å². The molecule has 0 radical (unpaired) electrons. The first-order chi connectivity index (χ1) is 14.4. The first-order valence-electron chi connectivity index (χ1n) is 8.45. The van der Waals surface area contributed by atoms with Crippen molar-refractivity contribution in [2.75, 3.05) is 13.2 Å². The molecule has 1 aromatic heterocycles. The fourth-order valence-electron chi connectivity index (χ4n) is 2.52. The molecule has 0 saturated heterocycles. The van der Waals surface area contributed by atoms with E-state index in [0.29, 0.717) is 6.07 Å². The van der Waals surface area contributed by atoms with Gasteiger partial charge in [-0.25, -0.2) is 18.5 Å². The van der Waals surface area contributed by atoms with Gasteiger partial charge in [-0.15, -0.1) is 0 Å². The fourth-order valence-corrected chi connectivity index (χ4v) is 2.72. The quantitative estimate of drug-likeness (QED) is 0.383. The van der Waals surface area contributed by atoms with E-state index in [0.717, 1.165) is 19.2 Å². The van der Waals surface area contributed by atoms with Crippen LogP contribution in [0.2, 0.25) is 5.02 Å². The molecule has 0 aliphatic rings. The zero-order chi connectivity index (χ0) is 23.5. The summed E-state index contributed by atoms with van der Waals surface area (Å²) in [6.07, 6.45) is -4.26. The summed E-state index contributed by atoms with van der Waals surface area (Å²) < 4.78 is 64.1. The van der Waals surface area contributed by atoms with Crippen molar-refractivity contribution in [1.82, 2.24) is 9.13 Å². The minimum absolute atomic E-state index is 0.112. The van der Waals surface area contributed by atoms with E-state index in [1.54, 1.807) is 6.92 Å². The van der Waals surface area contributed by atoms with E-state index in [2.05, 4.69) is 0 Å². The fraction of sp³-hybridized carbons (Fsp3) is 0.278. The highest BCUT2D eigenvalue weighted by atomic mass is 35.5. The number of halogens is 5. The lowest BCUT2D eigenvalue weighted by molar-refractivity contribution is -0.144. The molecule has 2 aromatic rings. The Morgan fingerprint density at radius 1 is 1.26 bits per heavy atom. The minimum atomic E-state index is -4.98. The van der Waals surface area contributed by atoms with Crippen LogP contribution in [0.15, 0.2) is 39.6 Å². The molecule has 0 aliphatic heterocycles. The van der Waals surface area contributed by atoms with Crippen molar-refractivity contribution >= 4 is 17.6 Å². The zero-order valence-electron chi connectivity index (χ0n) is 16.0. The van der Waals surface area contributed by atoms with Crippen LogP contribution in [0.4, 0.5) is 17.6 Å². The Bertz CT molecular complexity index is 1150. The largest absolute Gasteiger partial charge is 0.494 e. The normalized spacial score (nSPS) is 12.0. The van der Waals surface area contributed by atoms with E-state index in [1.165, 1.54) is 0 Å². The average molecular weight is 467 g/mol. The second kappa shape index (κ2) is 9.25. The number of hydrogen-bond donors (Lipinski definition) is 1. The molecular weight excluding hydrogens is 452 g/mol. The number of benzene rings is 1. The Hall–Kier alpha value is -3.28. The van der Waals surface area contributed by atoms with Crippen molar-refractivity contribution in [3.63, 3.8) is 0 Å². The van der Waals surface area contributed by atoms with E-state index in [4.69, 9.17) is 26.2 Å². The lowest BCUT2D eigenvalue weighted by atomic mass is 10.2. The van der Waals surface area contributed by atoms with Gasteiger partial charge in [-0.3, -0.25) is 9.36 Å². The molecule has 0 spiro atoms. The number of aliphatic carboxylic acids is 1. The number of nitrogens with zero attached hydrogens (tertiary/aromatic N) is 2. The Balaban J connectivity index is 2.56. The van der Waals surface area contributed by atoms with E-state index >= 15 is 0 Å². The maximum atomic E-state index is 14.5. The first-order valence-corrected chi connectivity index (χ1v) is 8.83. The molecule has 8 nitrogen and oxygen atoms in total. The molecule has 0 aliphatic carbocycles. The molecule has 168 valence electrons. The third kappa shape index (κ3) is 5.45. The highest BCUT2D eigenvalue weighted by molar-refractivity contribution is 6.32. The summed E-state index contributed by atoms with van der Waals surface area (Å²) in [5, 5.41) is 8.51. The van der Waals surface area contributed by atoms with Crippen LogP contribution in [-0.4, -0.2) is 33.4 Å². The van der Waals surface area contributed by atoms with Gasteiger partial charge in [0.2, 0.25) is 0 Å². The third-order valence-electron chi connectivity index (χ3n) is 3.84. The number of rotatable bonds is 7. The van der Waals surface area contributed by atoms with Gasteiger partial charge in [0, 0.05) is 19.2 Å². The molecule has 1 N–H and O–H groups in total. The Morgan fingerprint density at radius 3 is 2.45 bits per heavy atom. The molecule has 2 rings (SSSR count). The van der Waals surface area contributed by atoms with Crippen LogP contribution in [-0.2, 0) is 22.8 Å². The molecular formula is C18H15ClF4N2O6. The van der Waals surface area contributed by atoms with Crippen LogP contribution in [0.1, 0.15) is 12.6 Å². The van der Waals surface area contributed by atoms with Crippen molar-refractivity contribution in [1.29, 1.82) is 0 Å². The van der Waals surface area contributed by atoms with Gasteiger partial charge < -0.3 is 14.6 Å². The summed E-state index contributed by atoms with van der Waals surface area (Å²) in [6, 6.07) is 1.67. The number of ether oxygens (including phenoxy) is 2. The highest BCUT2D eigenvalue weighted by Crippen LogP contribution is 2.30. The lowest BCUT2D eigenvalue weighted by Gasteiger charge is -2.16. The summed E-state index contributed by atoms with van der Waals surface area (Å²) in [7, 11) is 0.775. The maximum Gasteiger partial charge on any atom is 0.431 e. The predicted octanol–water partition coefficient (Wildman–Crippen LogP) is 2.73. The molecule has 0 amide bonds. The van der Waals surface area contributed by atoms with Crippen molar-refractivity contribution < 1.29 is 36.9 Å². The number of alkyl halides is 3. The van der Waals surface area contributed by atoms with Crippen molar-refractivity contribution in [2.45, 2.75) is 13.1 Å². The second-order valence-corrected chi connectivity index (χ2v) is 6.35. The number of carboxylic acid groups (broad SMARTS) is 1. The number of carbonyl (C=O) groups is 1. The summed E-state index contributed by atoms with van der Waals surface area (Å²) in [5.74, 6) is -2.89. The van der Waals surface area contributed by atoms with Gasteiger partial charge >= 0.3 is 17.8 Å². The van der Waals surface area contributed by atoms with Crippen molar-refractivity contribution in [2.24, 2.45) is 7.05 Å². The Kier molecular flexibility index (Phi) is 7.16. The minimum Gasteiger partial charge on any atom is -0.494 e. The molecule has 1 aromatic carbocycles. The number of hydrogen-bond acceptors (Lipinski definition) is 5. The van der Waals surface area contributed by atoms with E-state index in [1.807, 2.05) is 0 Å². The first kappa shape index (κ1) is 24.0. The maximum absolute atomic E-state index is 14.5. The predicted molar refractivity (Wildman–Crippen MR) is 100 cm³/mol. The molecule has 0 unspecified atom stereocenters. The summed E-state index contributed by atoms with van der Waals surface area (Å²) >= 11 is 5.89. The van der Waals surface area contributed by atoms with Gasteiger partial charge in [0.05, 0.1) is 23.4 Å². The summed E-state index contributed by atoms with van der Waals surface area (Å²) in [4.78, 5) is 35.4. The molecule has 1 heterocycles. The molecule has 0 saturated carbocycles. The van der Waals surface area contributed by atoms with Gasteiger partial charge in [-0.05, 0) is 13.0 Å². The van der Waals surface area contributed by atoms with Crippen LogP contribution < -0.4 is 16.0 Å². The SMILES string of the molecule is CCO/C(=C/C(=O)O)COc1cc(-n2c(=O)cc(C(F)(F)F)n(C)c2=O)c(F)cc1Cl. The molecule has 31 heavy (non-hydrogen) atoms. The number of aromatic nitrogens is 2. The third-order valence-corrected chi connectivity index (χ3v) is 4.13. The van der Waals surface area contributed by atoms with Crippen LogP contribution in [0, 0.1) is 5.82 Å². The molecule has 0 bridgehead atoms. The van der Waals surface area contributed by atoms with E-state index < -0.39 is 47.2 Å².